The zero-order valence-electron chi connectivity index (χ0n) is 8.62. The lowest BCUT2D eigenvalue weighted by molar-refractivity contribution is 0.0838. The highest BCUT2D eigenvalue weighted by Gasteiger charge is 2.09. The second-order valence-electron chi connectivity index (χ2n) is 3.00. The summed E-state index contributed by atoms with van der Waals surface area (Å²) < 4.78 is 4.99. The molecule has 0 spiro atoms. The molecule has 0 saturated heterocycles. The van der Waals surface area contributed by atoms with Crippen LogP contribution in [0.25, 0.3) is 0 Å². The normalized spacial score (nSPS) is 10.3. The van der Waals surface area contributed by atoms with Gasteiger partial charge >= 0.3 is 0 Å². The van der Waals surface area contributed by atoms with Crippen molar-refractivity contribution in [2.24, 2.45) is 0 Å². The standard InChI is InChI=1S/C9H15N3O3/c1-7-8(6-11-12-7)9(14)10-2-4-15-5-3-13/h6,13H,2-5H2,1H3,(H,10,14)(H,11,12). The monoisotopic (exact) mass is 213 g/mol. The molecule has 0 aliphatic carbocycles. The smallest absolute Gasteiger partial charge is 0.254 e. The second kappa shape index (κ2) is 6.15. The van der Waals surface area contributed by atoms with Crippen LogP contribution in [0.2, 0.25) is 0 Å². The van der Waals surface area contributed by atoms with Crippen molar-refractivity contribution in [1.29, 1.82) is 0 Å². The number of nitrogens with one attached hydrogen (secondary N) is 2. The molecule has 0 atom stereocenters. The van der Waals surface area contributed by atoms with Crippen LogP contribution in [0.1, 0.15) is 16.1 Å². The number of hydrogen-bond acceptors (Lipinski definition) is 4. The predicted octanol–water partition coefficient (Wildman–Crippen LogP) is -0.543. The minimum atomic E-state index is -0.172. The number of ether oxygens (including phenoxy) is 1. The van der Waals surface area contributed by atoms with Crippen LogP contribution in [-0.2, 0) is 4.74 Å². The highest BCUT2D eigenvalue weighted by Crippen LogP contribution is 2.01. The van der Waals surface area contributed by atoms with E-state index in [0.717, 1.165) is 5.69 Å². The molecule has 0 saturated carbocycles. The average Bonchev–Trinajstić information content (AvgIpc) is 2.64. The molecule has 15 heavy (non-hydrogen) atoms. The molecule has 0 radical (unpaired) electrons. The van der Waals surface area contributed by atoms with Gasteiger partial charge in [-0.3, -0.25) is 9.89 Å². The maximum Gasteiger partial charge on any atom is 0.254 e. The van der Waals surface area contributed by atoms with Crippen LogP contribution in [0, 0.1) is 6.92 Å². The lowest BCUT2D eigenvalue weighted by atomic mass is 10.2. The molecular weight excluding hydrogens is 198 g/mol. The number of H-pyrrole nitrogens is 1. The molecule has 1 heterocycles. The van der Waals surface area contributed by atoms with Gasteiger partial charge in [-0.15, -0.1) is 0 Å². The van der Waals surface area contributed by atoms with Gasteiger partial charge in [0.15, 0.2) is 0 Å². The Labute approximate surface area is 87.6 Å². The first-order valence-electron chi connectivity index (χ1n) is 4.72. The van der Waals surface area contributed by atoms with Gasteiger partial charge < -0.3 is 15.2 Å². The van der Waals surface area contributed by atoms with Gasteiger partial charge in [0.2, 0.25) is 0 Å². The Bertz CT molecular complexity index is 311. The summed E-state index contributed by atoms with van der Waals surface area (Å²) in [7, 11) is 0. The number of rotatable bonds is 6. The summed E-state index contributed by atoms with van der Waals surface area (Å²) in [5.41, 5.74) is 1.28. The van der Waals surface area contributed by atoms with Crippen molar-refractivity contribution in [3.63, 3.8) is 0 Å². The molecule has 0 fully saturated rings. The van der Waals surface area contributed by atoms with E-state index in [2.05, 4.69) is 15.5 Å². The maximum atomic E-state index is 11.5. The number of carbonyl (C=O) groups is 1. The fourth-order valence-electron chi connectivity index (χ4n) is 1.08. The van der Waals surface area contributed by atoms with Crippen molar-refractivity contribution in [3.8, 4) is 0 Å². The van der Waals surface area contributed by atoms with Crippen molar-refractivity contribution in [2.75, 3.05) is 26.4 Å². The number of carbonyl (C=O) groups excluding carboxylic acids is 1. The second-order valence-corrected chi connectivity index (χ2v) is 3.00. The van der Waals surface area contributed by atoms with Gasteiger partial charge in [-0.25, -0.2) is 0 Å². The molecule has 6 nitrogen and oxygen atoms in total. The summed E-state index contributed by atoms with van der Waals surface area (Å²) in [6.45, 7) is 2.88. The van der Waals surface area contributed by atoms with Gasteiger partial charge in [-0.1, -0.05) is 0 Å². The van der Waals surface area contributed by atoms with Crippen LogP contribution in [0.5, 0.6) is 0 Å². The van der Waals surface area contributed by atoms with Crippen molar-refractivity contribution in [3.05, 3.63) is 17.5 Å². The number of aliphatic hydroxyl groups excluding tert-OH is 1. The molecule has 0 bridgehead atoms. The largest absolute Gasteiger partial charge is 0.394 e. The molecule has 84 valence electrons. The zero-order valence-corrected chi connectivity index (χ0v) is 8.62. The van der Waals surface area contributed by atoms with Gasteiger partial charge in [0.05, 0.1) is 31.6 Å². The van der Waals surface area contributed by atoms with E-state index in [9.17, 15) is 4.79 Å². The minimum Gasteiger partial charge on any atom is -0.394 e. The first kappa shape index (κ1) is 11.7. The molecule has 0 aliphatic rings. The first-order chi connectivity index (χ1) is 7.25. The summed E-state index contributed by atoms with van der Waals surface area (Å²) in [4.78, 5) is 11.5. The Morgan fingerprint density at radius 3 is 3.07 bits per heavy atom. The fraction of sp³-hybridized carbons (Fsp3) is 0.556. The third-order valence-corrected chi connectivity index (χ3v) is 1.84. The van der Waals surface area contributed by atoms with Crippen molar-refractivity contribution < 1.29 is 14.6 Å². The van der Waals surface area contributed by atoms with Crippen molar-refractivity contribution >= 4 is 5.91 Å². The topological polar surface area (TPSA) is 87.2 Å². The number of aromatic nitrogens is 2. The van der Waals surface area contributed by atoms with E-state index >= 15 is 0 Å². The number of aliphatic hydroxyl groups is 1. The van der Waals surface area contributed by atoms with Crippen molar-refractivity contribution in [2.45, 2.75) is 6.92 Å². The van der Waals surface area contributed by atoms with Gasteiger partial charge in [-0.2, -0.15) is 5.10 Å². The van der Waals surface area contributed by atoms with Gasteiger partial charge in [0.25, 0.3) is 5.91 Å². The van der Waals surface area contributed by atoms with Gasteiger partial charge in [0, 0.05) is 12.2 Å². The number of hydrogen-bond donors (Lipinski definition) is 3. The molecule has 3 N–H and O–H groups in total. The highest BCUT2D eigenvalue weighted by atomic mass is 16.5. The summed E-state index contributed by atoms with van der Waals surface area (Å²) in [5, 5.41) is 17.6. The summed E-state index contributed by atoms with van der Waals surface area (Å²) in [6.07, 6.45) is 1.49. The molecule has 6 heteroatoms. The number of nitrogens with zero attached hydrogens (tertiary/aromatic N) is 1. The van der Waals surface area contributed by atoms with E-state index in [0.29, 0.717) is 25.3 Å². The molecule has 0 aromatic carbocycles. The third-order valence-electron chi connectivity index (χ3n) is 1.84. The number of amides is 1. The Morgan fingerprint density at radius 2 is 2.47 bits per heavy atom. The molecule has 0 aliphatic heterocycles. The van der Waals surface area contributed by atoms with Gasteiger partial charge in [-0.05, 0) is 6.92 Å². The van der Waals surface area contributed by atoms with Gasteiger partial charge in [0.1, 0.15) is 0 Å². The minimum absolute atomic E-state index is 0.00517. The predicted molar refractivity (Wildman–Crippen MR) is 53.6 cm³/mol. The van der Waals surface area contributed by atoms with E-state index in [-0.39, 0.29) is 12.5 Å². The Morgan fingerprint density at radius 1 is 1.67 bits per heavy atom. The lowest BCUT2D eigenvalue weighted by Gasteiger charge is -2.04. The van der Waals surface area contributed by atoms with E-state index in [1.165, 1.54) is 6.20 Å². The first-order valence-corrected chi connectivity index (χ1v) is 4.72. The van der Waals surface area contributed by atoms with Crippen LogP contribution in [0.4, 0.5) is 0 Å². The summed E-state index contributed by atoms with van der Waals surface area (Å²) in [5.74, 6) is -0.172. The van der Waals surface area contributed by atoms with Crippen LogP contribution >= 0.6 is 0 Å². The highest BCUT2D eigenvalue weighted by molar-refractivity contribution is 5.94. The number of aromatic amines is 1. The SMILES string of the molecule is Cc1[nH]ncc1C(=O)NCCOCCO. The lowest BCUT2D eigenvalue weighted by Crippen LogP contribution is -2.27. The molecular formula is C9H15N3O3. The maximum absolute atomic E-state index is 11.5. The van der Waals surface area contributed by atoms with E-state index in [1.54, 1.807) is 6.92 Å². The molecule has 1 amide bonds. The molecule has 0 unspecified atom stereocenters. The number of aryl methyl sites for hydroxylation is 1. The van der Waals surface area contributed by atoms with Crippen LogP contribution in [0.3, 0.4) is 0 Å². The van der Waals surface area contributed by atoms with Crippen LogP contribution < -0.4 is 5.32 Å². The Kier molecular flexibility index (Phi) is 4.79. The summed E-state index contributed by atoms with van der Waals surface area (Å²) >= 11 is 0. The van der Waals surface area contributed by atoms with Crippen LogP contribution in [0.15, 0.2) is 6.20 Å². The quantitative estimate of drug-likeness (QED) is 0.554. The molecule has 1 rings (SSSR count). The fourth-order valence-corrected chi connectivity index (χ4v) is 1.08. The van der Waals surface area contributed by atoms with E-state index < -0.39 is 0 Å². The zero-order chi connectivity index (χ0) is 11.1. The van der Waals surface area contributed by atoms with Crippen molar-refractivity contribution in [1.82, 2.24) is 15.5 Å². The molecule has 1 aromatic rings. The Hall–Kier alpha value is -1.40. The third kappa shape index (κ3) is 3.69. The summed E-state index contributed by atoms with van der Waals surface area (Å²) in [6, 6.07) is 0. The molecule has 1 aromatic heterocycles. The van der Waals surface area contributed by atoms with Crippen LogP contribution in [-0.4, -0.2) is 47.6 Å². The Balaban J connectivity index is 2.22. The van der Waals surface area contributed by atoms with E-state index in [4.69, 9.17) is 9.84 Å². The average molecular weight is 213 g/mol. The van der Waals surface area contributed by atoms with E-state index in [1.807, 2.05) is 0 Å².